The van der Waals surface area contributed by atoms with Crippen molar-refractivity contribution in [2.24, 2.45) is 71.4 Å². The topological polar surface area (TPSA) is 0 Å². The second-order valence-electron chi connectivity index (χ2n) is 24.1. The Morgan fingerprint density at radius 3 is 1.23 bits per heavy atom. The molecule has 0 aromatic rings. The first kappa shape index (κ1) is 28.3. The normalized spacial score (nSPS) is 66.3. The van der Waals surface area contributed by atoms with Crippen molar-refractivity contribution in [2.45, 2.75) is 177 Å². The van der Waals surface area contributed by atoms with Crippen LogP contribution in [-0.2, 0) is 0 Å². The van der Waals surface area contributed by atoms with Gasteiger partial charge in [0.25, 0.3) is 0 Å². The van der Waals surface area contributed by atoms with Gasteiger partial charge in [0.1, 0.15) is 0 Å². The highest BCUT2D eigenvalue weighted by molar-refractivity contribution is 14.1. The Morgan fingerprint density at radius 2 is 0.860 bits per heavy atom. The number of rotatable bonds is 2. The standard InChI is InChI=1S/C41H60I2/c1-27-31(4,6-28-7-40(29(28)42)23-33(24-40)8-30(2,3)9-33)10-41(27)25-39(26-41)21-38(22-39)19-37(20-38)17-36(18-37)15-35(16-36)13-34(14-35)11-32(5,43)12-34/h27-29H,6-26H2,1-5H3. The van der Waals surface area contributed by atoms with E-state index in [9.17, 15) is 0 Å². The first-order valence-electron chi connectivity index (χ1n) is 19.1. The Hall–Kier alpha value is 1.46. The summed E-state index contributed by atoms with van der Waals surface area (Å²) >= 11 is 5.68. The number of halogens is 2. The molecule has 4 unspecified atom stereocenters. The van der Waals surface area contributed by atoms with Crippen molar-refractivity contribution in [3.8, 4) is 0 Å². The van der Waals surface area contributed by atoms with Crippen molar-refractivity contribution in [1.29, 1.82) is 0 Å². The zero-order chi connectivity index (χ0) is 29.6. The summed E-state index contributed by atoms with van der Waals surface area (Å²) in [4.78, 5) is 0. The summed E-state index contributed by atoms with van der Waals surface area (Å²) in [6, 6.07) is 0. The van der Waals surface area contributed by atoms with Crippen LogP contribution >= 0.6 is 45.2 Å². The average molecular weight is 807 g/mol. The maximum Gasteiger partial charge on any atom is 0.0204 e. The summed E-state index contributed by atoms with van der Waals surface area (Å²) in [5.74, 6) is 2.03. The fraction of sp³-hybridized carbons (Fsp3) is 1.00. The first-order chi connectivity index (χ1) is 19.8. The van der Waals surface area contributed by atoms with Crippen LogP contribution < -0.4 is 0 Å². The molecule has 2 heteroatoms. The van der Waals surface area contributed by atoms with Gasteiger partial charge < -0.3 is 0 Å². The van der Waals surface area contributed by atoms with Crippen LogP contribution in [0.4, 0.5) is 0 Å². The Morgan fingerprint density at radius 1 is 0.488 bits per heavy atom. The molecule has 0 amide bonds. The molecule has 0 heterocycles. The van der Waals surface area contributed by atoms with Gasteiger partial charge in [0.15, 0.2) is 0 Å². The van der Waals surface area contributed by atoms with Gasteiger partial charge in [0, 0.05) is 7.35 Å². The molecule has 0 aliphatic heterocycles. The smallest absolute Gasteiger partial charge is 0.0204 e. The minimum Gasteiger partial charge on any atom is -0.0817 e. The molecular weight excluding hydrogens is 746 g/mol. The lowest BCUT2D eigenvalue weighted by atomic mass is 9.21. The van der Waals surface area contributed by atoms with Crippen LogP contribution in [0.2, 0.25) is 0 Å². The van der Waals surface area contributed by atoms with Crippen molar-refractivity contribution in [2.75, 3.05) is 0 Å². The predicted molar refractivity (Wildman–Crippen MR) is 194 cm³/mol. The van der Waals surface area contributed by atoms with Gasteiger partial charge in [0.05, 0.1) is 0 Å². The van der Waals surface area contributed by atoms with Gasteiger partial charge in [-0.2, -0.15) is 0 Å². The molecule has 11 rings (SSSR count). The lowest BCUT2D eigenvalue weighted by Gasteiger charge is -2.83. The molecule has 4 atom stereocenters. The van der Waals surface area contributed by atoms with E-state index in [0.717, 1.165) is 64.5 Å². The molecule has 11 fully saturated rings. The third kappa shape index (κ3) is 3.44. The van der Waals surface area contributed by atoms with Crippen LogP contribution in [-0.4, -0.2) is 7.35 Å². The number of hydrogen-bond acceptors (Lipinski definition) is 0. The van der Waals surface area contributed by atoms with E-state index in [1.165, 1.54) is 25.7 Å². The summed E-state index contributed by atoms with van der Waals surface area (Å²) in [5, 5.41) is 0. The van der Waals surface area contributed by atoms with Gasteiger partial charge in [-0.25, -0.2) is 0 Å². The molecule has 9 spiro atoms. The van der Waals surface area contributed by atoms with Crippen molar-refractivity contribution in [3.05, 3.63) is 0 Å². The van der Waals surface area contributed by atoms with Crippen molar-refractivity contribution < 1.29 is 0 Å². The highest BCUT2D eigenvalue weighted by atomic mass is 127. The summed E-state index contributed by atoms with van der Waals surface area (Å²) < 4.78 is 1.63. The third-order valence-electron chi connectivity index (χ3n) is 18.7. The average Bonchev–Trinajstić information content (AvgIpc) is 2.71. The van der Waals surface area contributed by atoms with Gasteiger partial charge in [-0.15, -0.1) is 0 Å². The number of alkyl halides is 2. The third-order valence-corrected chi connectivity index (χ3v) is 21.8. The van der Waals surface area contributed by atoms with E-state index in [4.69, 9.17) is 0 Å². The second-order valence-corrected chi connectivity index (χ2v) is 28.1. The fourth-order valence-electron chi connectivity index (χ4n) is 20.4. The SMILES string of the molecule is CC1C(C)(CC2CC3(CC4(CC(C)(C)C4)C3)C2I)CC12CC1(CC3(CC4(CC5(CC6(CC7(CC(C)(I)C7)C6)C5)C4)C3)C1)C2. The molecule has 0 aromatic carbocycles. The Kier molecular flexibility index (Phi) is 4.82. The molecule has 238 valence electrons. The van der Waals surface area contributed by atoms with E-state index in [0.29, 0.717) is 14.3 Å². The maximum absolute atomic E-state index is 2.94. The lowest BCUT2D eigenvalue weighted by Crippen LogP contribution is -2.73. The number of hydrogen-bond donors (Lipinski definition) is 0. The monoisotopic (exact) mass is 806 g/mol. The molecule has 0 N–H and O–H groups in total. The minimum atomic E-state index is 0.642. The Bertz CT molecular complexity index is 1270. The van der Waals surface area contributed by atoms with Crippen LogP contribution in [0.1, 0.15) is 169 Å². The highest BCUT2D eigenvalue weighted by Gasteiger charge is 2.80. The quantitative estimate of drug-likeness (QED) is 0.193. The zero-order valence-electron chi connectivity index (χ0n) is 28.3. The van der Waals surface area contributed by atoms with Gasteiger partial charge in [-0.3, -0.25) is 0 Å². The first-order valence-corrected chi connectivity index (χ1v) is 21.5. The van der Waals surface area contributed by atoms with Crippen molar-refractivity contribution in [1.82, 2.24) is 0 Å². The molecule has 11 saturated carbocycles. The molecule has 0 nitrogen and oxygen atoms in total. The van der Waals surface area contributed by atoms with E-state index < -0.39 is 0 Å². The van der Waals surface area contributed by atoms with Crippen LogP contribution in [0.25, 0.3) is 0 Å². The highest BCUT2D eigenvalue weighted by Crippen LogP contribution is 2.90. The molecule has 0 saturated heterocycles. The van der Waals surface area contributed by atoms with Crippen LogP contribution in [0.5, 0.6) is 0 Å². The minimum absolute atomic E-state index is 0.642. The largest absolute Gasteiger partial charge is 0.0817 e. The van der Waals surface area contributed by atoms with Crippen molar-refractivity contribution in [3.63, 3.8) is 0 Å². The molecule has 0 aromatic heterocycles. The van der Waals surface area contributed by atoms with E-state index in [1.54, 1.807) is 109 Å². The Balaban J connectivity index is 0.636. The molecule has 43 heavy (non-hydrogen) atoms. The van der Waals surface area contributed by atoms with Crippen molar-refractivity contribution >= 4 is 45.2 Å². The van der Waals surface area contributed by atoms with Crippen LogP contribution in [0.3, 0.4) is 0 Å². The molecule has 0 radical (unpaired) electrons. The molecule has 11 aliphatic carbocycles. The van der Waals surface area contributed by atoms with Gasteiger partial charge in [-0.05, 0) is 206 Å². The van der Waals surface area contributed by atoms with Gasteiger partial charge >= 0.3 is 0 Å². The zero-order valence-corrected chi connectivity index (χ0v) is 32.7. The van der Waals surface area contributed by atoms with E-state index >= 15 is 0 Å². The maximum atomic E-state index is 2.94. The summed E-state index contributed by atoms with van der Waals surface area (Å²) in [7, 11) is 0. The predicted octanol–water partition coefficient (Wildman–Crippen LogP) is 12.5. The van der Waals surface area contributed by atoms with Gasteiger partial charge in [0.2, 0.25) is 0 Å². The Labute approximate surface area is 291 Å². The molecule has 0 bridgehead atoms. The lowest BCUT2D eigenvalue weighted by molar-refractivity contribution is -0.330. The molecule has 11 aliphatic rings. The van der Waals surface area contributed by atoms with E-state index in [1.807, 2.05) is 0 Å². The van der Waals surface area contributed by atoms with Crippen LogP contribution in [0, 0.1) is 71.4 Å². The fourth-order valence-corrected chi connectivity index (χ4v) is 23.2. The second kappa shape index (κ2) is 7.32. The van der Waals surface area contributed by atoms with Crippen LogP contribution in [0.15, 0.2) is 0 Å². The van der Waals surface area contributed by atoms with Gasteiger partial charge in [-0.1, -0.05) is 79.8 Å². The summed E-state index contributed by atoms with van der Waals surface area (Å²) in [6.45, 7) is 12.9. The summed E-state index contributed by atoms with van der Waals surface area (Å²) in [6.07, 6.45) is 33.8. The molecular formula is C41H60I2. The summed E-state index contributed by atoms with van der Waals surface area (Å²) in [5.41, 5.74) is 8.66. The van der Waals surface area contributed by atoms with E-state index in [2.05, 4.69) is 79.8 Å². The van der Waals surface area contributed by atoms with E-state index in [-0.39, 0.29) is 0 Å².